The highest BCUT2D eigenvalue weighted by atomic mass is 16.6. The molecule has 0 aliphatic carbocycles. The van der Waals surface area contributed by atoms with Crippen LogP contribution in [0.1, 0.15) is 52.2 Å². The molecule has 0 fully saturated rings. The van der Waals surface area contributed by atoms with E-state index < -0.39 is 5.60 Å². The van der Waals surface area contributed by atoms with E-state index in [1.807, 2.05) is 32.9 Å². The van der Waals surface area contributed by atoms with Crippen LogP contribution in [0.5, 0.6) is 5.75 Å². The Bertz CT molecular complexity index is 603. The second-order valence-corrected chi connectivity index (χ2v) is 7.19. The summed E-state index contributed by atoms with van der Waals surface area (Å²) in [5.74, 6) is 0.824. The lowest BCUT2D eigenvalue weighted by molar-refractivity contribution is -0.113. The van der Waals surface area contributed by atoms with Gasteiger partial charge in [0.25, 0.3) is 0 Å². The summed E-state index contributed by atoms with van der Waals surface area (Å²) in [5, 5.41) is 2.15. The number of hydrogen-bond acceptors (Lipinski definition) is 5. The fourth-order valence-corrected chi connectivity index (χ4v) is 2.24. The molecule has 28 heavy (non-hydrogen) atoms. The molecule has 0 aromatic heterocycles. The molecule has 0 bridgehead atoms. The van der Waals surface area contributed by atoms with Crippen molar-refractivity contribution in [3.63, 3.8) is 0 Å². The first-order valence-corrected chi connectivity index (χ1v) is 9.46. The van der Waals surface area contributed by atoms with Gasteiger partial charge in [0, 0.05) is 13.1 Å². The molecule has 0 unspecified atom stereocenters. The Morgan fingerprint density at radius 3 is 2.32 bits per heavy atom. The summed E-state index contributed by atoms with van der Waals surface area (Å²) in [7, 11) is 1.65. The maximum Gasteiger partial charge on any atom is 0.410 e. The second-order valence-electron chi connectivity index (χ2n) is 7.19. The Morgan fingerprint density at radius 1 is 1.21 bits per heavy atom. The Morgan fingerprint density at radius 2 is 1.86 bits per heavy atom. The molecular weight excluding hydrogens is 360 g/mol. The van der Waals surface area contributed by atoms with E-state index in [1.165, 1.54) is 12.0 Å². The fourth-order valence-electron chi connectivity index (χ4n) is 2.24. The minimum atomic E-state index is -0.453. The van der Waals surface area contributed by atoms with Gasteiger partial charge in [-0.25, -0.2) is 4.79 Å². The van der Waals surface area contributed by atoms with Gasteiger partial charge in [-0.3, -0.25) is 4.79 Å². The standard InChI is InChI=1S/C15H21NO3.C3H5NO2.C3H8/c1-15(2,3)19-14(17)16-8-7-11-5-6-13(18-4)9-12(11)10-16;5-2-1-4-3-6;1-3-2/h5-6,9H,7-8,10H2,1-4H3;2-3H,1H2,(H,4,6);3H2,1-2H3. The summed E-state index contributed by atoms with van der Waals surface area (Å²) in [6, 6.07) is 6.02. The lowest BCUT2D eigenvalue weighted by Gasteiger charge is -2.31. The van der Waals surface area contributed by atoms with E-state index in [0.29, 0.717) is 25.8 Å². The number of nitrogens with zero attached hydrogens (tertiary/aromatic N) is 1. The van der Waals surface area contributed by atoms with E-state index in [0.717, 1.165) is 17.7 Å². The summed E-state index contributed by atoms with van der Waals surface area (Å²) in [4.78, 5) is 32.4. The Kier molecular flexibility index (Phi) is 12.3. The van der Waals surface area contributed by atoms with E-state index >= 15 is 0 Å². The molecule has 158 valence electrons. The first-order valence-electron chi connectivity index (χ1n) is 9.46. The molecule has 1 N–H and O–H groups in total. The highest BCUT2D eigenvalue weighted by Crippen LogP contribution is 2.24. The Balaban J connectivity index is 0.000000683. The Hall–Kier alpha value is -2.57. The van der Waals surface area contributed by atoms with Gasteiger partial charge in [0.2, 0.25) is 6.41 Å². The lowest BCUT2D eigenvalue weighted by atomic mass is 10.00. The van der Waals surface area contributed by atoms with E-state index in [9.17, 15) is 14.4 Å². The van der Waals surface area contributed by atoms with Gasteiger partial charge in [0.1, 0.15) is 17.6 Å². The molecule has 0 spiro atoms. The zero-order chi connectivity index (χ0) is 21.6. The highest BCUT2D eigenvalue weighted by molar-refractivity contribution is 5.68. The SMILES string of the molecule is CCC.COc1ccc2c(c1)CN(C(=O)OC(C)(C)C)CC2.O=CCNC=O. The molecule has 2 amide bonds. The van der Waals surface area contributed by atoms with Crippen molar-refractivity contribution in [3.8, 4) is 5.75 Å². The zero-order valence-electron chi connectivity index (χ0n) is 17.9. The number of carbonyl (C=O) groups is 3. The third kappa shape index (κ3) is 10.5. The maximum absolute atomic E-state index is 12.1. The second kappa shape index (κ2) is 13.6. The summed E-state index contributed by atoms with van der Waals surface area (Å²) in [6.07, 6.45) is 2.96. The van der Waals surface area contributed by atoms with Crippen LogP contribution in [0, 0.1) is 0 Å². The van der Waals surface area contributed by atoms with Crippen LogP contribution in [-0.2, 0) is 27.3 Å². The Labute approximate surface area is 168 Å². The van der Waals surface area contributed by atoms with Crippen LogP contribution in [0.4, 0.5) is 4.79 Å². The smallest absolute Gasteiger partial charge is 0.410 e. The third-order valence-electron chi connectivity index (χ3n) is 3.36. The average molecular weight is 395 g/mol. The van der Waals surface area contributed by atoms with E-state index in [4.69, 9.17) is 9.47 Å². The number of nitrogens with one attached hydrogen (secondary N) is 1. The largest absolute Gasteiger partial charge is 0.497 e. The van der Waals surface area contributed by atoms with E-state index in [1.54, 1.807) is 12.0 Å². The molecule has 1 aromatic rings. The minimum absolute atomic E-state index is 0.115. The van der Waals surface area contributed by atoms with Crippen LogP contribution in [0.25, 0.3) is 0 Å². The molecule has 7 heteroatoms. The van der Waals surface area contributed by atoms with Gasteiger partial charge in [0.15, 0.2) is 0 Å². The van der Waals surface area contributed by atoms with Crippen molar-refractivity contribution >= 4 is 18.8 Å². The van der Waals surface area contributed by atoms with Gasteiger partial charge in [-0.15, -0.1) is 0 Å². The third-order valence-corrected chi connectivity index (χ3v) is 3.36. The molecule has 1 heterocycles. The number of fused-ring (bicyclic) bond motifs is 1. The number of ether oxygens (including phenoxy) is 2. The molecule has 1 aliphatic rings. The van der Waals surface area contributed by atoms with Gasteiger partial charge in [-0.1, -0.05) is 26.3 Å². The normalized spacial score (nSPS) is 12.1. The molecule has 1 aromatic carbocycles. The number of benzene rings is 1. The summed E-state index contributed by atoms with van der Waals surface area (Å²) in [6.45, 7) is 11.3. The van der Waals surface area contributed by atoms with Crippen molar-refractivity contribution in [3.05, 3.63) is 29.3 Å². The van der Waals surface area contributed by atoms with Crippen LogP contribution in [-0.4, -0.2) is 49.5 Å². The highest BCUT2D eigenvalue weighted by Gasteiger charge is 2.25. The van der Waals surface area contributed by atoms with E-state index in [-0.39, 0.29) is 12.6 Å². The van der Waals surface area contributed by atoms with Crippen LogP contribution in [0.2, 0.25) is 0 Å². The quantitative estimate of drug-likeness (QED) is 0.625. The monoisotopic (exact) mass is 394 g/mol. The predicted octanol–water partition coefficient (Wildman–Crippen LogP) is 3.34. The van der Waals surface area contributed by atoms with Gasteiger partial charge < -0.3 is 24.5 Å². The van der Waals surface area contributed by atoms with Crippen molar-refractivity contribution in [1.29, 1.82) is 0 Å². The summed E-state index contributed by atoms with van der Waals surface area (Å²) < 4.78 is 10.6. The molecule has 0 atom stereocenters. The van der Waals surface area contributed by atoms with Gasteiger partial charge in [0.05, 0.1) is 13.7 Å². The molecule has 2 rings (SSSR count). The van der Waals surface area contributed by atoms with Gasteiger partial charge in [-0.05, 0) is 50.5 Å². The zero-order valence-corrected chi connectivity index (χ0v) is 17.9. The summed E-state index contributed by atoms with van der Waals surface area (Å²) in [5.41, 5.74) is 1.96. The van der Waals surface area contributed by atoms with Crippen molar-refractivity contribution in [2.75, 3.05) is 20.2 Å². The van der Waals surface area contributed by atoms with Gasteiger partial charge >= 0.3 is 6.09 Å². The molecule has 0 saturated heterocycles. The van der Waals surface area contributed by atoms with Crippen LogP contribution in [0.3, 0.4) is 0 Å². The topological polar surface area (TPSA) is 84.9 Å². The molecule has 7 nitrogen and oxygen atoms in total. The first-order chi connectivity index (χ1) is 13.2. The number of aldehydes is 1. The van der Waals surface area contributed by atoms with Crippen LogP contribution >= 0.6 is 0 Å². The summed E-state index contributed by atoms with van der Waals surface area (Å²) >= 11 is 0. The molecular formula is C21H34N2O5. The minimum Gasteiger partial charge on any atom is -0.497 e. The molecule has 0 radical (unpaired) electrons. The predicted molar refractivity (Wildman–Crippen MR) is 109 cm³/mol. The average Bonchev–Trinajstić information content (AvgIpc) is 2.65. The number of amides is 2. The first kappa shape index (κ1) is 25.4. The fraction of sp³-hybridized carbons (Fsp3) is 0.571. The van der Waals surface area contributed by atoms with Crippen molar-refractivity contribution in [1.82, 2.24) is 10.2 Å². The lowest BCUT2D eigenvalue weighted by Crippen LogP contribution is -2.39. The van der Waals surface area contributed by atoms with Crippen molar-refractivity contribution < 1.29 is 23.9 Å². The van der Waals surface area contributed by atoms with Crippen LogP contribution in [0.15, 0.2) is 18.2 Å². The van der Waals surface area contributed by atoms with E-state index in [2.05, 4.69) is 25.2 Å². The van der Waals surface area contributed by atoms with Crippen LogP contribution < -0.4 is 10.1 Å². The number of carbonyl (C=O) groups excluding carboxylic acids is 3. The van der Waals surface area contributed by atoms with Gasteiger partial charge in [-0.2, -0.15) is 0 Å². The maximum atomic E-state index is 12.1. The molecule has 1 aliphatic heterocycles. The van der Waals surface area contributed by atoms with Crippen molar-refractivity contribution in [2.24, 2.45) is 0 Å². The number of rotatable bonds is 4. The van der Waals surface area contributed by atoms with Crippen molar-refractivity contribution in [2.45, 2.75) is 59.6 Å². The molecule has 0 saturated carbocycles. The number of hydrogen-bond donors (Lipinski definition) is 1. The number of methoxy groups -OCH3 is 1.